The van der Waals surface area contributed by atoms with Crippen molar-refractivity contribution in [3.05, 3.63) is 0 Å². The Hall–Kier alpha value is -0.0800. The molecule has 2 aliphatic rings. The molecule has 0 radical (unpaired) electrons. The second kappa shape index (κ2) is 4.43. The van der Waals surface area contributed by atoms with E-state index in [0.29, 0.717) is 0 Å². The van der Waals surface area contributed by atoms with Gasteiger partial charge in [-0.1, -0.05) is 13.3 Å². The molecular weight excluding hydrogens is 160 g/mol. The van der Waals surface area contributed by atoms with E-state index >= 15 is 0 Å². The van der Waals surface area contributed by atoms with Crippen LogP contribution in [0.1, 0.15) is 39.0 Å². The first-order valence-corrected chi connectivity index (χ1v) is 5.90. The largest absolute Gasteiger partial charge is 0.288 e. The molecule has 2 nitrogen and oxygen atoms in total. The van der Waals surface area contributed by atoms with E-state index in [2.05, 4.69) is 16.7 Å². The van der Waals surface area contributed by atoms with E-state index < -0.39 is 0 Å². The number of rotatable bonds is 3. The van der Waals surface area contributed by atoms with Crippen LogP contribution in [0.25, 0.3) is 0 Å². The molecule has 0 spiro atoms. The Morgan fingerprint density at radius 3 is 1.77 bits per heavy atom. The molecule has 13 heavy (non-hydrogen) atoms. The minimum absolute atomic E-state index is 0.772. The van der Waals surface area contributed by atoms with Gasteiger partial charge in [-0.15, -0.1) is 0 Å². The van der Waals surface area contributed by atoms with Crippen molar-refractivity contribution >= 4 is 0 Å². The SMILES string of the molecule is CCC(N1CCCCC1)N1CCC1. The Labute approximate surface area is 81.9 Å². The van der Waals surface area contributed by atoms with Gasteiger partial charge in [0, 0.05) is 13.1 Å². The summed E-state index contributed by atoms with van der Waals surface area (Å²) in [5.74, 6) is 0. The summed E-state index contributed by atoms with van der Waals surface area (Å²) in [4.78, 5) is 5.34. The van der Waals surface area contributed by atoms with E-state index in [9.17, 15) is 0 Å². The molecule has 0 aromatic heterocycles. The predicted molar refractivity (Wildman–Crippen MR) is 55.7 cm³/mol. The molecule has 76 valence electrons. The van der Waals surface area contributed by atoms with Gasteiger partial charge in [0.1, 0.15) is 0 Å². The fourth-order valence-corrected chi connectivity index (χ4v) is 2.60. The fourth-order valence-electron chi connectivity index (χ4n) is 2.60. The summed E-state index contributed by atoms with van der Waals surface area (Å²) < 4.78 is 0. The summed E-state index contributed by atoms with van der Waals surface area (Å²) in [7, 11) is 0. The number of likely N-dealkylation sites (tertiary alicyclic amines) is 2. The minimum atomic E-state index is 0.772. The smallest absolute Gasteiger partial charge is 0.0619 e. The third-order valence-corrected chi connectivity index (χ3v) is 3.49. The van der Waals surface area contributed by atoms with Gasteiger partial charge in [0.05, 0.1) is 6.17 Å². The highest BCUT2D eigenvalue weighted by molar-refractivity contribution is 4.80. The van der Waals surface area contributed by atoms with E-state index in [-0.39, 0.29) is 0 Å². The first kappa shape index (κ1) is 9.47. The van der Waals surface area contributed by atoms with Gasteiger partial charge in [0.25, 0.3) is 0 Å². The van der Waals surface area contributed by atoms with Crippen LogP contribution >= 0.6 is 0 Å². The van der Waals surface area contributed by atoms with Crippen LogP contribution < -0.4 is 0 Å². The fraction of sp³-hybridized carbons (Fsp3) is 1.00. The van der Waals surface area contributed by atoms with Gasteiger partial charge in [-0.2, -0.15) is 0 Å². The summed E-state index contributed by atoms with van der Waals surface area (Å²) in [6, 6.07) is 0. The van der Waals surface area contributed by atoms with Gasteiger partial charge >= 0.3 is 0 Å². The average Bonchev–Trinajstić information content (AvgIpc) is 2.12. The summed E-state index contributed by atoms with van der Waals surface area (Å²) >= 11 is 0. The Morgan fingerprint density at radius 1 is 0.846 bits per heavy atom. The van der Waals surface area contributed by atoms with Crippen LogP contribution in [0, 0.1) is 0 Å². The molecule has 0 N–H and O–H groups in total. The molecule has 2 heterocycles. The van der Waals surface area contributed by atoms with Crippen molar-refractivity contribution in [2.24, 2.45) is 0 Å². The van der Waals surface area contributed by atoms with Gasteiger partial charge in [0.15, 0.2) is 0 Å². The molecule has 2 rings (SSSR count). The van der Waals surface area contributed by atoms with Crippen LogP contribution in [-0.4, -0.2) is 42.1 Å². The maximum absolute atomic E-state index is 2.70. The van der Waals surface area contributed by atoms with Crippen molar-refractivity contribution in [1.29, 1.82) is 0 Å². The summed E-state index contributed by atoms with van der Waals surface area (Å²) in [6.45, 7) is 7.70. The molecule has 0 aliphatic carbocycles. The molecule has 0 saturated carbocycles. The van der Waals surface area contributed by atoms with E-state index in [1.165, 1.54) is 58.3 Å². The average molecular weight is 182 g/mol. The van der Waals surface area contributed by atoms with Crippen LogP contribution in [0.2, 0.25) is 0 Å². The highest BCUT2D eigenvalue weighted by Crippen LogP contribution is 2.21. The van der Waals surface area contributed by atoms with Crippen molar-refractivity contribution < 1.29 is 0 Å². The molecular formula is C11H22N2. The highest BCUT2D eigenvalue weighted by Gasteiger charge is 2.28. The van der Waals surface area contributed by atoms with Gasteiger partial charge in [0.2, 0.25) is 0 Å². The molecule has 1 unspecified atom stereocenters. The molecule has 0 aromatic carbocycles. The Balaban J connectivity index is 1.86. The van der Waals surface area contributed by atoms with Crippen molar-refractivity contribution in [3.63, 3.8) is 0 Å². The summed E-state index contributed by atoms with van der Waals surface area (Å²) in [6.07, 6.45) is 7.79. The predicted octanol–water partition coefficient (Wildman–Crippen LogP) is 1.91. The topological polar surface area (TPSA) is 6.48 Å². The van der Waals surface area contributed by atoms with Gasteiger partial charge in [-0.3, -0.25) is 9.80 Å². The lowest BCUT2D eigenvalue weighted by Gasteiger charge is -2.45. The van der Waals surface area contributed by atoms with Crippen molar-refractivity contribution in [3.8, 4) is 0 Å². The number of hydrogen-bond donors (Lipinski definition) is 0. The molecule has 0 aromatic rings. The van der Waals surface area contributed by atoms with E-state index in [0.717, 1.165) is 6.17 Å². The zero-order chi connectivity index (χ0) is 9.10. The molecule has 2 aliphatic heterocycles. The van der Waals surface area contributed by atoms with E-state index in [1.54, 1.807) is 0 Å². The lowest BCUT2D eigenvalue weighted by molar-refractivity contribution is -0.00986. The van der Waals surface area contributed by atoms with Crippen LogP contribution in [0.15, 0.2) is 0 Å². The molecule has 2 heteroatoms. The van der Waals surface area contributed by atoms with Gasteiger partial charge < -0.3 is 0 Å². The summed E-state index contributed by atoms with van der Waals surface area (Å²) in [5, 5.41) is 0. The number of piperidine rings is 1. The number of hydrogen-bond acceptors (Lipinski definition) is 2. The zero-order valence-electron chi connectivity index (χ0n) is 8.84. The van der Waals surface area contributed by atoms with Crippen LogP contribution in [-0.2, 0) is 0 Å². The normalized spacial score (nSPS) is 28.4. The van der Waals surface area contributed by atoms with Crippen LogP contribution in [0.5, 0.6) is 0 Å². The third kappa shape index (κ3) is 2.05. The Kier molecular flexibility index (Phi) is 3.23. The van der Waals surface area contributed by atoms with Crippen molar-refractivity contribution in [2.75, 3.05) is 26.2 Å². The van der Waals surface area contributed by atoms with E-state index in [4.69, 9.17) is 0 Å². The quantitative estimate of drug-likeness (QED) is 0.658. The lowest BCUT2D eigenvalue weighted by Crippen LogP contribution is -2.54. The second-order valence-electron chi connectivity index (χ2n) is 4.38. The monoisotopic (exact) mass is 182 g/mol. The first-order valence-electron chi connectivity index (χ1n) is 5.90. The molecule has 0 amide bonds. The first-order chi connectivity index (χ1) is 6.42. The second-order valence-corrected chi connectivity index (χ2v) is 4.38. The van der Waals surface area contributed by atoms with Crippen LogP contribution in [0.4, 0.5) is 0 Å². The minimum Gasteiger partial charge on any atom is -0.288 e. The molecule has 0 bridgehead atoms. The third-order valence-electron chi connectivity index (χ3n) is 3.49. The number of nitrogens with zero attached hydrogens (tertiary/aromatic N) is 2. The van der Waals surface area contributed by atoms with Crippen LogP contribution in [0.3, 0.4) is 0 Å². The lowest BCUT2D eigenvalue weighted by atomic mass is 10.1. The van der Waals surface area contributed by atoms with Crippen molar-refractivity contribution in [1.82, 2.24) is 9.80 Å². The molecule has 2 fully saturated rings. The Morgan fingerprint density at radius 2 is 1.38 bits per heavy atom. The highest BCUT2D eigenvalue weighted by atomic mass is 15.4. The van der Waals surface area contributed by atoms with Crippen molar-refractivity contribution in [2.45, 2.75) is 45.2 Å². The summed E-state index contributed by atoms with van der Waals surface area (Å²) in [5.41, 5.74) is 0. The van der Waals surface area contributed by atoms with Gasteiger partial charge in [-0.25, -0.2) is 0 Å². The van der Waals surface area contributed by atoms with Gasteiger partial charge in [-0.05, 0) is 38.8 Å². The van der Waals surface area contributed by atoms with E-state index in [1.807, 2.05) is 0 Å². The Bertz CT molecular complexity index is 148. The standard InChI is InChI=1S/C11H22N2/c1-2-11(13-9-6-10-13)12-7-4-3-5-8-12/h11H,2-10H2,1H3. The molecule has 1 atom stereocenters. The maximum Gasteiger partial charge on any atom is 0.0619 e. The maximum atomic E-state index is 2.70. The molecule has 2 saturated heterocycles. The zero-order valence-corrected chi connectivity index (χ0v) is 8.84.